The molecule has 36 heavy (non-hydrogen) atoms. The van der Waals surface area contributed by atoms with Gasteiger partial charge in [-0.1, -0.05) is 54.6 Å². The van der Waals surface area contributed by atoms with E-state index in [1.165, 1.54) is 12.5 Å². The standard InChI is InChI=1S/C26H31F6N.C2H3N/c1-33(17-15-19-6-3-2-4-7-19)16-5-8-20-9-11-21(12-10-20)22-13-14-23(25(27,28)29)24(18-22)26(30,31)32;1-2-3/h2-4,6-7,9-12,22-24H,5,8,13-18H2,1H3;1H3. The lowest BCUT2D eigenvalue weighted by molar-refractivity contribution is -0.263. The van der Waals surface area contributed by atoms with Crippen LogP contribution in [0.5, 0.6) is 0 Å². The zero-order valence-electron chi connectivity index (χ0n) is 20.7. The molecule has 3 unspecified atom stereocenters. The van der Waals surface area contributed by atoms with Gasteiger partial charge in [0.05, 0.1) is 17.9 Å². The fourth-order valence-corrected chi connectivity index (χ4v) is 4.81. The second-order valence-corrected chi connectivity index (χ2v) is 9.41. The molecule has 0 aliphatic heterocycles. The van der Waals surface area contributed by atoms with Crippen LogP contribution >= 0.6 is 0 Å². The third-order valence-electron chi connectivity index (χ3n) is 6.77. The molecule has 3 atom stereocenters. The highest BCUT2D eigenvalue weighted by atomic mass is 19.4. The van der Waals surface area contributed by atoms with Crippen LogP contribution in [-0.4, -0.2) is 37.4 Å². The maximum Gasteiger partial charge on any atom is 0.392 e. The van der Waals surface area contributed by atoms with Crippen molar-refractivity contribution in [3.63, 3.8) is 0 Å². The molecule has 1 aliphatic carbocycles. The zero-order chi connectivity index (χ0) is 26.8. The van der Waals surface area contributed by atoms with E-state index in [2.05, 4.69) is 24.1 Å². The summed E-state index contributed by atoms with van der Waals surface area (Å²) in [6.45, 7) is 3.33. The van der Waals surface area contributed by atoms with E-state index in [0.717, 1.165) is 37.9 Å². The van der Waals surface area contributed by atoms with Crippen molar-refractivity contribution < 1.29 is 26.3 Å². The van der Waals surface area contributed by atoms with E-state index in [0.29, 0.717) is 5.56 Å². The van der Waals surface area contributed by atoms with Gasteiger partial charge in [-0.2, -0.15) is 31.6 Å². The Labute approximate surface area is 209 Å². The number of aryl methyl sites for hydroxylation is 1. The summed E-state index contributed by atoms with van der Waals surface area (Å²) in [7, 11) is 2.08. The van der Waals surface area contributed by atoms with Gasteiger partial charge >= 0.3 is 12.4 Å². The summed E-state index contributed by atoms with van der Waals surface area (Å²) in [6, 6.07) is 19.4. The summed E-state index contributed by atoms with van der Waals surface area (Å²) in [5.74, 6) is -5.12. The molecule has 2 aromatic carbocycles. The molecule has 0 N–H and O–H groups in total. The molecule has 0 saturated heterocycles. The molecular weight excluding hydrogens is 478 g/mol. The van der Waals surface area contributed by atoms with Gasteiger partial charge in [0.2, 0.25) is 0 Å². The SMILES string of the molecule is CC#N.CN(CCCc1ccc(C2CCC(C(F)(F)F)C(C(F)(F)F)C2)cc1)CCc1ccccc1. The normalized spacial score (nSPS) is 20.4. The number of benzene rings is 2. The summed E-state index contributed by atoms with van der Waals surface area (Å²) in [5.41, 5.74) is 3.09. The smallest absolute Gasteiger partial charge is 0.306 e. The first kappa shape index (κ1) is 29.7. The third-order valence-corrected chi connectivity index (χ3v) is 6.77. The maximum atomic E-state index is 13.3. The first-order valence-electron chi connectivity index (χ1n) is 12.2. The highest BCUT2D eigenvalue weighted by molar-refractivity contribution is 5.26. The molecule has 1 fully saturated rings. The second kappa shape index (κ2) is 13.7. The third kappa shape index (κ3) is 9.50. The molecular formula is C28H34F6N2. The minimum Gasteiger partial charge on any atom is -0.306 e. The molecule has 0 bridgehead atoms. The average molecular weight is 513 g/mol. The molecule has 198 valence electrons. The maximum absolute atomic E-state index is 13.3. The number of nitriles is 1. The van der Waals surface area contributed by atoms with Crippen molar-refractivity contribution in [2.75, 3.05) is 20.1 Å². The Morgan fingerprint density at radius 3 is 1.92 bits per heavy atom. The van der Waals surface area contributed by atoms with E-state index in [1.807, 2.05) is 30.3 Å². The lowest BCUT2D eigenvalue weighted by Gasteiger charge is -2.38. The van der Waals surface area contributed by atoms with Gasteiger partial charge in [-0.25, -0.2) is 0 Å². The number of likely N-dealkylation sites (N-methyl/N-ethyl adjacent to an activating group) is 1. The van der Waals surface area contributed by atoms with Crippen LogP contribution < -0.4 is 0 Å². The fraction of sp³-hybridized carbons (Fsp3) is 0.536. The van der Waals surface area contributed by atoms with Crippen molar-refractivity contribution in [1.29, 1.82) is 5.26 Å². The Morgan fingerprint density at radius 2 is 1.36 bits per heavy atom. The van der Waals surface area contributed by atoms with Crippen LogP contribution in [0.2, 0.25) is 0 Å². The van der Waals surface area contributed by atoms with Gasteiger partial charge in [-0.15, -0.1) is 0 Å². The topological polar surface area (TPSA) is 27.0 Å². The van der Waals surface area contributed by atoms with Crippen molar-refractivity contribution in [3.05, 3.63) is 71.3 Å². The van der Waals surface area contributed by atoms with E-state index in [-0.39, 0.29) is 6.42 Å². The predicted octanol–water partition coefficient (Wildman–Crippen LogP) is 7.95. The van der Waals surface area contributed by atoms with Gasteiger partial charge in [0, 0.05) is 13.5 Å². The first-order valence-corrected chi connectivity index (χ1v) is 12.2. The minimum atomic E-state index is -4.84. The summed E-state index contributed by atoms with van der Waals surface area (Å²) in [6.07, 6.45) is -7.72. The van der Waals surface area contributed by atoms with Crippen molar-refractivity contribution in [3.8, 4) is 6.07 Å². The molecule has 8 heteroatoms. The molecule has 0 heterocycles. The van der Waals surface area contributed by atoms with Crippen molar-refractivity contribution in [2.24, 2.45) is 11.8 Å². The quantitative estimate of drug-likeness (QED) is 0.336. The van der Waals surface area contributed by atoms with Gasteiger partial charge in [-0.05, 0) is 74.7 Å². The summed E-state index contributed by atoms with van der Waals surface area (Å²) < 4.78 is 79.3. The number of hydrogen-bond donors (Lipinski definition) is 0. The number of rotatable bonds is 8. The lowest BCUT2D eigenvalue weighted by Crippen LogP contribution is -2.42. The van der Waals surface area contributed by atoms with E-state index in [1.54, 1.807) is 18.2 Å². The Morgan fingerprint density at radius 1 is 0.806 bits per heavy atom. The Bertz CT molecular complexity index is 932. The largest absolute Gasteiger partial charge is 0.392 e. The number of halogens is 6. The number of hydrogen-bond acceptors (Lipinski definition) is 2. The minimum absolute atomic E-state index is 0.127. The monoisotopic (exact) mass is 512 g/mol. The van der Waals surface area contributed by atoms with Gasteiger partial charge in [0.15, 0.2) is 0 Å². The highest BCUT2D eigenvalue weighted by Crippen LogP contribution is 2.52. The summed E-state index contributed by atoms with van der Waals surface area (Å²) in [4.78, 5) is 2.28. The van der Waals surface area contributed by atoms with Crippen LogP contribution in [0.4, 0.5) is 26.3 Å². The molecule has 2 aromatic rings. The van der Waals surface area contributed by atoms with Gasteiger partial charge in [-0.3, -0.25) is 0 Å². The molecule has 1 saturated carbocycles. The van der Waals surface area contributed by atoms with Crippen molar-refractivity contribution in [2.45, 2.75) is 63.7 Å². The fourth-order valence-electron chi connectivity index (χ4n) is 4.81. The second-order valence-electron chi connectivity index (χ2n) is 9.41. The predicted molar refractivity (Wildman–Crippen MR) is 129 cm³/mol. The molecule has 1 aliphatic rings. The molecule has 2 nitrogen and oxygen atoms in total. The lowest BCUT2D eigenvalue weighted by atomic mass is 9.71. The molecule has 0 amide bonds. The molecule has 3 rings (SSSR count). The Balaban J connectivity index is 0.00000145. The van der Waals surface area contributed by atoms with Crippen LogP contribution in [-0.2, 0) is 12.8 Å². The molecule has 0 spiro atoms. The van der Waals surface area contributed by atoms with E-state index in [9.17, 15) is 26.3 Å². The van der Waals surface area contributed by atoms with Crippen molar-refractivity contribution in [1.82, 2.24) is 4.90 Å². The molecule has 0 aromatic heterocycles. The van der Waals surface area contributed by atoms with E-state index in [4.69, 9.17) is 5.26 Å². The average Bonchev–Trinajstić information content (AvgIpc) is 2.83. The summed E-state index contributed by atoms with van der Waals surface area (Å²) in [5, 5.41) is 7.32. The summed E-state index contributed by atoms with van der Waals surface area (Å²) >= 11 is 0. The van der Waals surface area contributed by atoms with Crippen LogP contribution in [0.1, 0.15) is 55.2 Å². The number of alkyl halides is 6. The Kier molecular flexibility index (Phi) is 11.3. The first-order chi connectivity index (χ1) is 17.0. The van der Waals surface area contributed by atoms with E-state index < -0.39 is 42.9 Å². The Hall–Kier alpha value is -2.53. The van der Waals surface area contributed by atoms with Crippen LogP contribution in [0.25, 0.3) is 0 Å². The van der Waals surface area contributed by atoms with Gasteiger partial charge in [0.25, 0.3) is 0 Å². The van der Waals surface area contributed by atoms with Crippen LogP contribution in [0.15, 0.2) is 54.6 Å². The van der Waals surface area contributed by atoms with Gasteiger partial charge < -0.3 is 4.90 Å². The molecule has 0 radical (unpaired) electrons. The van der Waals surface area contributed by atoms with Crippen LogP contribution in [0.3, 0.4) is 0 Å². The number of nitrogens with zero attached hydrogens (tertiary/aromatic N) is 2. The van der Waals surface area contributed by atoms with E-state index >= 15 is 0 Å². The van der Waals surface area contributed by atoms with Crippen molar-refractivity contribution >= 4 is 0 Å². The highest BCUT2D eigenvalue weighted by Gasteiger charge is 2.56. The zero-order valence-corrected chi connectivity index (χ0v) is 20.7. The van der Waals surface area contributed by atoms with Crippen LogP contribution in [0, 0.1) is 23.2 Å². The van der Waals surface area contributed by atoms with Gasteiger partial charge in [0.1, 0.15) is 0 Å².